The third-order valence-corrected chi connectivity index (χ3v) is 4.19. The fourth-order valence-electron chi connectivity index (χ4n) is 2.74. The quantitative estimate of drug-likeness (QED) is 0.841. The Hall–Kier alpha value is -3.34. The van der Waals surface area contributed by atoms with E-state index >= 15 is 0 Å². The molecule has 1 heterocycles. The molecule has 0 radical (unpaired) electrons. The van der Waals surface area contributed by atoms with Crippen LogP contribution in [0.5, 0.6) is 5.75 Å². The minimum Gasteiger partial charge on any atom is -0.497 e. The van der Waals surface area contributed by atoms with Crippen LogP contribution in [-0.4, -0.2) is 30.9 Å². The van der Waals surface area contributed by atoms with Gasteiger partial charge in [-0.05, 0) is 29.3 Å². The van der Waals surface area contributed by atoms with Crippen molar-refractivity contribution in [2.45, 2.75) is 6.04 Å². The van der Waals surface area contributed by atoms with E-state index in [-0.39, 0.29) is 11.8 Å². The Bertz CT molecular complexity index is 855. The van der Waals surface area contributed by atoms with Gasteiger partial charge in [-0.15, -0.1) is 0 Å². The summed E-state index contributed by atoms with van der Waals surface area (Å²) in [6.07, 6.45) is 4.89. The maximum absolute atomic E-state index is 12.8. The average Bonchev–Trinajstić information content (AvgIpc) is 2.68. The number of methoxy groups -OCH3 is 1. The second kappa shape index (κ2) is 7.70. The first-order chi connectivity index (χ1) is 12.6. The standard InChI is InChI=1S/C21H20N2O3/c1-23-14-18(19(24)13-8-15-6-4-3-5-7-15)20(22-21(23)25)16-9-11-17(26-2)12-10-16/h3-14,20H,1-2H3,(H,22,25)/b13-8+/t20-/m1/s1. The van der Waals surface area contributed by atoms with Crippen molar-refractivity contribution in [3.05, 3.63) is 83.6 Å². The lowest BCUT2D eigenvalue weighted by Gasteiger charge is -2.29. The first-order valence-electron chi connectivity index (χ1n) is 8.25. The van der Waals surface area contributed by atoms with Gasteiger partial charge in [0, 0.05) is 18.8 Å². The molecule has 0 spiro atoms. The summed E-state index contributed by atoms with van der Waals surface area (Å²) < 4.78 is 5.17. The van der Waals surface area contributed by atoms with Gasteiger partial charge >= 0.3 is 6.03 Å². The SMILES string of the molecule is COc1ccc([C@H]2NC(=O)N(C)C=C2C(=O)/C=C/c2ccccc2)cc1. The molecule has 26 heavy (non-hydrogen) atoms. The highest BCUT2D eigenvalue weighted by Gasteiger charge is 2.29. The molecule has 0 unspecified atom stereocenters. The Balaban J connectivity index is 1.89. The Morgan fingerprint density at radius 1 is 1.12 bits per heavy atom. The van der Waals surface area contributed by atoms with Crippen LogP contribution in [-0.2, 0) is 4.79 Å². The number of hydrogen-bond donors (Lipinski definition) is 1. The topological polar surface area (TPSA) is 58.6 Å². The molecule has 2 aromatic rings. The van der Waals surface area contributed by atoms with Crippen molar-refractivity contribution < 1.29 is 14.3 Å². The van der Waals surface area contributed by atoms with E-state index in [1.54, 1.807) is 26.4 Å². The molecule has 3 rings (SSSR count). The summed E-state index contributed by atoms with van der Waals surface area (Å²) in [4.78, 5) is 26.2. The fraction of sp³-hybridized carbons (Fsp3) is 0.143. The summed E-state index contributed by atoms with van der Waals surface area (Å²) >= 11 is 0. The number of ether oxygens (including phenoxy) is 1. The molecular formula is C21H20N2O3. The van der Waals surface area contributed by atoms with Gasteiger partial charge < -0.3 is 15.0 Å². The van der Waals surface area contributed by atoms with E-state index in [4.69, 9.17) is 4.74 Å². The van der Waals surface area contributed by atoms with Gasteiger partial charge in [0.05, 0.1) is 13.2 Å². The van der Waals surface area contributed by atoms with Crippen LogP contribution in [0.25, 0.3) is 6.08 Å². The average molecular weight is 348 g/mol. The molecule has 0 bridgehead atoms. The number of amides is 2. The monoisotopic (exact) mass is 348 g/mol. The summed E-state index contributed by atoms with van der Waals surface area (Å²) in [6.45, 7) is 0. The zero-order valence-corrected chi connectivity index (χ0v) is 14.7. The second-order valence-electron chi connectivity index (χ2n) is 5.96. The molecule has 1 N–H and O–H groups in total. The number of hydrogen-bond acceptors (Lipinski definition) is 3. The Labute approximate surface area is 152 Å². The number of urea groups is 1. The number of carbonyl (C=O) groups excluding carboxylic acids is 2. The molecule has 1 aliphatic rings. The van der Waals surface area contributed by atoms with Crippen LogP contribution in [0.1, 0.15) is 17.2 Å². The van der Waals surface area contributed by atoms with Gasteiger partial charge in [0.25, 0.3) is 0 Å². The van der Waals surface area contributed by atoms with E-state index in [1.165, 1.54) is 11.0 Å². The van der Waals surface area contributed by atoms with Crippen molar-refractivity contribution >= 4 is 17.9 Å². The van der Waals surface area contributed by atoms with Crippen molar-refractivity contribution in [2.24, 2.45) is 0 Å². The minimum atomic E-state index is -0.502. The lowest BCUT2D eigenvalue weighted by Crippen LogP contribution is -2.43. The number of nitrogens with one attached hydrogen (secondary N) is 1. The van der Waals surface area contributed by atoms with Crippen LogP contribution in [0, 0.1) is 0 Å². The highest BCUT2D eigenvalue weighted by molar-refractivity contribution is 6.08. The first kappa shape index (κ1) is 17.5. The van der Waals surface area contributed by atoms with Gasteiger partial charge in [-0.3, -0.25) is 4.79 Å². The fourth-order valence-corrected chi connectivity index (χ4v) is 2.74. The van der Waals surface area contributed by atoms with Crippen molar-refractivity contribution in [1.82, 2.24) is 10.2 Å². The summed E-state index contributed by atoms with van der Waals surface area (Å²) in [5.41, 5.74) is 2.26. The van der Waals surface area contributed by atoms with Gasteiger partial charge in [-0.2, -0.15) is 0 Å². The van der Waals surface area contributed by atoms with Crippen molar-refractivity contribution in [1.29, 1.82) is 0 Å². The Kier molecular flexibility index (Phi) is 5.17. The van der Waals surface area contributed by atoms with Gasteiger partial charge in [0.2, 0.25) is 0 Å². The minimum absolute atomic E-state index is 0.151. The van der Waals surface area contributed by atoms with E-state index in [9.17, 15) is 9.59 Å². The molecular weight excluding hydrogens is 328 g/mol. The van der Waals surface area contributed by atoms with Gasteiger partial charge in [0.15, 0.2) is 5.78 Å². The van der Waals surface area contributed by atoms with Gasteiger partial charge in [-0.25, -0.2) is 4.79 Å². The number of allylic oxidation sites excluding steroid dienone is 1. The van der Waals surface area contributed by atoms with E-state index in [1.807, 2.05) is 54.6 Å². The third-order valence-electron chi connectivity index (χ3n) is 4.19. The number of nitrogens with zero attached hydrogens (tertiary/aromatic N) is 1. The van der Waals surface area contributed by atoms with Gasteiger partial charge in [-0.1, -0.05) is 48.5 Å². The normalized spacial score (nSPS) is 17.0. The van der Waals surface area contributed by atoms with Crippen LogP contribution in [0.3, 0.4) is 0 Å². The molecule has 0 aliphatic carbocycles. The summed E-state index contributed by atoms with van der Waals surface area (Å²) in [5, 5.41) is 2.87. The maximum Gasteiger partial charge on any atom is 0.321 e. The molecule has 2 amide bonds. The van der Waals surface area contributed by atoms with E-state index < -0.39 is 6.04 Å². The molecule has 0 saturated carbocycles. The zero-order valence-electron chi connectivity index (χ0n) is 14.7. The molecule has 0 aromatic heterocycles. The van der Waals surface area contributed by atoms with Crippen LogP contribution in [0.4, 0.5) is 4.79 Å². The predicted molar refractivity (Wildman–Crippen MR) is 101 cm³/mol. The molecule has 5 heteroatoms. The molecule has 1 atom stereocenters. The summed E-state index contributed by atoms with van der Waals surface area (Å²) in [7, 11) is 3.21. The molecule has 5 nitrogen and oxygen atoms in total. The highest BCUT2D eigenvalue weighted by Crippen LogP contribution is 2.28. The zero-order chi connectivity index (χ0) is 18.5. The smallest absolute Gasteiger partial charge is 0.321 e. The van der Waals surface area contributed by atoms with Crippen molar-refractivity contribution in [2.75, 3.05) is 14.2 Å². The molecule has 1 aliphatic heterocycles. The maximum atomic E-state index is 12.8. The second-order valence-corrected chi connectivity index (χ2v) is 5.96. The lowest BCUT2D eigenvalue weighted by molar-refractivity contribution is -0.111. The van der Waals surface area contributed by atoms with Crippen LogP contribution >= 0.6 is 0 Å². The predicted octanol–water partition coefficient (Wildman–Crippen LogP) is 3.56. The Morgan fingerprint density at radius 3 is 2.46 bits per heavy atom. The number of ketones is 1. The Morgan fingerprint density at radius 2 is 1.81 bits per heavy atom. The molecule has 132 valence electrons. The molecule has 0 saturated heterocycles. The highest BCUT2D eigenvalue weighted by atomic mass is 16.5. The number of benzene rings is 2. The van der Waals surface area contributed by atoms with Crippen LogP contribution in [0.15, 0.2) is 72.4 Å². The number of rotatable bonds is 5. The van der Waals surface area contributed by atoms with Crippen molar-refractivity contribution in [3.63, 3.8) is 0 Å². The van der Waals surface area contributed by atoms with Gasteiger partial charge in [0.1, 0.15) is 5.75 Å². The molecule has 2 aromatic carbocycles. The largest absolute Gasteiger partial charge is 0.497 e. The van der Waals surface area contributed by atoms with E-state index in [2.05, 4.69) is 5.32 Å². The molecule has 0 fully saturated rings. The third kappa shape index (κ3) is 3.83. The van der Waals surface area contributed by atoms with E-state index in [0.29, 0.717) is 11.3 Å². The first-order valence-corrected chi connectivity index (χ1v) is 8.25. The van der Waals surface area contributed by atoms with Crippen molar-refractivity contribution in [3.8, 4) is 5.75 Å². The van der Waals surface area contributed by atoms with Crippen LogP contribution < -0.4 is 10.1 Å². The van der Waals surface area contributed by atoms with E-state index in [0.717, 1.165) is 11.1 Å². The van der Waals surface area contributed by atoms with Crippen LogP contribution in [0.2, 0.25) is 0 Å². The number of carbonyl (C=O) groups is 2. The summed E-state index contributed by atoms with van der Waals surface area (Å²) in [6, 6.07) is 16.1. The lowest BCUT2D eigenvalue weighted by atomic mass is 9.94. The summed E-state index contributed by atoms with van der Waals surface area (Å²) in [5.74, 6) is 0.565.